The lowest BCUT2D eigenvalue weighted by molar-refractivity contribution is -0.141. The first-order valence-corrected chi connectivity index (χ1v) is 12.7. The molecular formula is C27H38N4O5. The third-order valence-corrected chi connectivity index (χ3v) is 6.30. The van der Waals surface area contributed by atoms with E-state index >= 15 is 0 Å². The van der Waals surface area contributed by atoms with Gasteiger partial charge in [0.1, 0.15) is 11.8 Å². The normalized spacial score (nSPS) is 16.1. The first-order chi connectivity index (χ1) is 17.2. The van der Waals surface area contributed by atoms with Gasteiger partial charge in [0.25, 0.3) is 0 Å². The third-order valence-electron chi connectivity index (χ3n) is 6.30. The number of benzene rings is 1. The van der Waals surface area contributed by atoms with Crippen LogP contribution in [0, 0.1) is 19.8 Å². The molecule has 0 saturated carbocycles. The summed E-state index contributed by atoms with van der Waals surface area (Å²) in [7, 11) is 0. The Balaban J connectivity index is 1.77. The third kappa shape index (κ3) is 7.91. The van der Waals surface area contributed by atoms with Crippen molar-refractivity contribution in [2.45, 2.75) is 71.9 Å². The van der Waals surface area contributed by atoms with Crippen LogP contribution in [-0.2, 0) is 19.1 Å². The summed E-state index contributed by atoms with van der Waals surface area (Å²) in [5, 5.41) is 9.42. The predicted molar refractivity (Wildman–Crippen MR) is 136 cm³/mol. The van der Waals surface area contributed by atoms with Crippen molar-refractivity contribution in [3.8, 4) is 0 Å². The van der Waals surface area contributed by atoms with Gasteiger partial charge >= 0.3 is 0 Å². The van der Waals surface area contributed by atoms with Crippen molar-refractivity contribution in [1.29, 1.82) is 0 Å². The first-order valence-electron chi connectivity index (χ1n) is 12.7. The van der Waals surface area contributed by atoms with Crippen LogP contribution < -0.4 is 10.6 Å². The maximum Gasteiger partial charge on any atom is 0.247 e. The number of aromatic nitrogens is 1. The van der Waals surface area contributed by atoms with Gasteiger partial charge in [-0.05, 0) is 50.2 Å². The van der Waals surface area contributed by atoms with Gasteiger partial charge in [-0.25, -0.2) is 0 Å². The molecule has 2 aromatic rings. The molecule has 1 saturated heterocycles. The lowest BCUT2D eigenvalue weighted by atomic mass is 9.97. The molecular weight excluding hydrogens is 460 g/mol. The number of ether oxygens (including phenoxy) is 1. The van der Waals surface area contributed by atoms with E-state index in [0.717, 1.165) is 30.4 Å². The van der Waals surface area contributed by atoms with Crippen LogP contribution in [0.3, 0.4) is 0 Å². The summed E-state index contributed by atoms with van der Waals surface area (Å²) in [6.45, 7) is 9.35. The van der Waals surface area contributed by atoms with Crippen LogP contribution in [0.4, 0.5) is 5.82 Å². The molecule has 9 nitrogen and oxygen atoms in total. The molecule has 1 aromatic carbocycles. The molecule has 2 N–H and O–H groups in total. The number of aryl methyl sites for hydroxylation is 2. The van der Waals surface area contributed by atoms with Crippen LogP contribution in [0.2, 0.25) is 0 Å². The zero-order valence-electron chi connectivity index (χ0n) is 21.7. The van der Waals surface area contributed by atoms with E-state index in [4.69, 9.17) is 9.26 Å². The molecule has 3 amide bonds. The van der Waals surface area contributed by atoms with E-state index in [-0.39, 0.29) is 36.7 Å². The summed E-state index contributed by atoms with van der Waals surface area (Å²) >= 11 is 0. The van der Waals surface area contributed by atoms with E-state index in [0.29, 0.717) is 37.2 Å². The molecule has 0 bridgehead atoms. The van der Waals surface area contributed by atoms with E-state index in [2.05, 4.69) is 29.6 Å². The molecule has 0 radical (unpaired) electrons. The molecule has 196 valence electrons. The Bertz CT molecular complexity index is 1030. The highest BCUT2D eigenvalue weighted by Gasteiger charge is 2.33. The van der Waals surface area contributed by atoms with Crippen LogP contribution in [-0.4, -0.2) is 53.6 Å². The predicted octanol–water partition coefficient (Wildman–Crippen LogP) is 3.92. The monoisotopic (exact) mass is 498 g/mol. The minimum Gasteiger partial charge on any atom is -0.376 e. The number of anilines is 1. The van der Waals surface area contributed by atoms with Crippen LogP contribution >= 0.6 is 0 Å². The quantitative estimate of drug-likeness (QED) is 0.459. The maximum absolute atomic E-state index is 13.6. The largest absolute Gasteiger partial charge is 0.376 e. The minimum absolute atomic E-state index is 0.00449. The molecule has 2 atom stereocenters. The Morgan fingerprint density at radius 2 is 1.94 bits per heavy atom. The molecule has 1 fully saturated rings. The lowest BCUT2D eigenvalue weighted by Crippen LogP contribution is -2.46. The van der Waals surface area contributed by atoms with Gasteiger partial charge in [0, 0.05) is 38.6 Å². The number of nitrogens with one attached hydrogen (secondary N) is 2. The molecule has 0 unspecified atom stereocenters. The Morgan fingerprint density at radius 1 is 1.17 bits per heavy atom. The minimum atomic E-state index is -0.792. The highest BCUT2D eigenvalue weighted by molar-refractivity contribution is 5.94. The van der Waals surface area contributed by atoms with Crippen LogP contribution in [0.15, 0.2) is 34.9 Å². The zero-order chi connectivity index (χ0) is 26.1. The van der Waals surface area contributed by atoms with Crippen molar-refractivity contribution in [2.24, 2.45) is 5.92 Å². The molecule has 3 rings (SSSR count). The summed E-state index contributed by atoms with van der Waals surface area (Å²) in [4.78, 5) is 41.1. The number of rotatable bonds is 12. The van der Waals surface area contributed by atoms with Gasteiger partial charge in [-0.15, -0.1) is 0 Å². The molecule has 2 heterocycles. The maximum atomic E-state index is 13.6. The number of carbonyl (C=O) groups is 3. The van der Waals surface area contributed by atoms with Gasteiger partial charge < -0.3 is 24.8 Å². The number of amides is 3. The highest BCUT2D eigenvalue weighted by atomic mass is 16.5. The van der Waals surface area contributed by atoms with Crippen LogP contribution in [0.25, 0.3) is 0 Å². The molecule has 0 spiro atoms. The Labute approximate surface area is 212 Å². The molecule has 1 aliphatic rings. The Hall–Kier alpha value is -3.20. The van der Waals surface area contributed by atoms with Crippen molar-refractivity contribution in [3.63, 3.8) is 0 Å². The standard InChI is InChI=1S/C27H38N4O5/c1-18(2)13-14-31(25(33)12-11-24(32)29-23-16-20(4)36-30-23)26(22-10-6-5-8-19(22)3)27(34)28-17-21-9-7-15-35-21/h5-6,8,10,16,18,21,26H,7,9,11-15,17H2,1-4H3,(H,28,34)(H,29,30,32)/t21-,26+/m1/s1. The van der Waals surface area contributed by atoms with Crippen molar-refractivity contribution in [1.82, 2.24) is 15.4 Å². The lowest BCUT2D eigenvalue weighted by Gasteiger charge is -2.33. The fraction of sp³-hybridized carbons (Fsp3) is 0.556. The topological polar surface area (TPSA) is 114 Å². The molecule has 0 aliphatic carbocycles. The zero-order valence-corrected chi connectivity index (χ0v) is 21.7. The summed E-state index contributed by atoms with van der Waals surface area (Å²) < 4.78 is 10.6. The fourth-order valence-electron chi connectivity index (χ4n) is 4.25. The Kier molecular flexibility index (Phi) is 10.0. The smallest absolute Gasteiger partial charge is 0.247 e. The summed E-state index contributed by atoms with van der Waals surface area (Å²) in [6, 6.07) is 8.44. The number of nitrogens with zero attached hydrogens (tertiary/aromatic N) is 2. The van der Waals surface area contributed by atoms with Gasteiger partial charge in [-0.3, -0.25) is 14.4 Å². The van der Waals surface area contributed by atoms with E-state index < -0.39 is 6.04 Å². The first kappa shape index (κ1) is 27.4. The second-order valence-electron chi connectivity index (χ2n) is 9.78. The van der Waals surface area contributed by atoms with E-state index in [9.17, 15) is 14.4 Å². The van der Waals surface area contributed by atoms with Gasteiger partial charge in [-0.2, -0.15) is 0 Å². The van der Waals surface area contributed by atoms with Crippen molar-refractivity contribution in [2.75, 3.05) is 25.0 Å². The van der Waals surface area contributed by atoms with Gasteiger partial charge in [-0.1, -0.05) is 43.3 Å². The molecule has 9 heteroatoms. The van der Waals surface area contributed by atoms with Crippen LogP contribution in [0.1, 0.15) is 68.9 Å². The second kappa shape index (κ2) is 13.2. The molecule has 36 heavy (non-hydrogen) atoms. The number of carbonyl (C=O) groups excluding carboxylic acids is 3. The average Bonchev–Trinajstić information content (AvgIpc) is 3.51. The second-order valence-corrected chi connectivity index (χ2v) is 9.78. The van der Waals surface area contributed by atoms with E-state index in [1.165, 1.54) is 0 Å². The molecule has 1 aliphatic heterocycles. The summed E-state index contributed by atoms with van der Waals surface area (Å²) in [6.07, 6.45) is 2.57. The van der Waals surface area contributed by atoms with Crippen molar-refractivity contribution in [3.05, 3.63) is 47.2 Å². The Morgan fingerprint density at radius 3 is 2.58 bits per heavy atom. The van der Waals surface area contributed by atoms with Gasteiger partial charge in [0.05, 0.1) is 6.10 Å². The molecule has 1 aromatic heterocycles. The highest BCUT2D eigenvalue weighted by Crippen LogP contribution is 2.27. The van der Waals surface area contributed by atoms with Gasteiger partial charge in [0.2, 0.25) is 17.7 Å². The van der Waals surface area contributed by atoms with E-state index in [1.807, 2.05) is 31.2 Å². The van der Waals surface area contributed by atoms with Crippen molar-refractivity contribution >= 4 is 23.5 Å². The SMILES string of the molecule is Cc1cc(NC(=O)CCC(=O)N(CCC(C)C)[C@H](C(=O)NC[C@H]2CCCO2)c2ccccc2C)no1. The van der Waals surface area contributed by atoms with Crippen molar-refractivity contribution < 1.29 is 23.6 Å². The summed E-state index contributed by atoms with van der Waals surface area (Å²) in [5.74, 6) is 0.411. The van der Waals surface area contributed by atoms with Gasteiger partial charge in [0.15, 0.2) is 5.82 Å². The number of hydrogen-bond donors (Lipinski definition) is 2. The fourth-order valence-corrected chi connectivity index (χ4v) is 4.25. The average molecular weight is 499 g/mol. The van der Waals surface area contributed by atoms with E-state index in [1.54, 1.807) is 17.9 Å². The summed E-state index contributed by atoms with van der Waals surface area (Å²) in [5.41, 5.74) is 1.71. The number of hydrogen-bond acceptors (Lipinski definition) is 6. The van der Waals surface area contributed by atoms with Crippen LogP contribution in [0.5, 0.6) is 0 Å².